The Bertz CT molecular complexity index is 980. The van der Waals surface area contributed by atoms with Gasteiger partial charge in [-0.05, 0) is 34.1 Å². The second-order valence-electron chi connectivity index (χ2n) is 4.93. The number of ether oxygens (including phenoxy) is 1. The minimum absolute atomic E-state index is 0.0523. The van der Waals surface area contributed by atoms with E-state index in [0.29, 0.717) is 10.2 Å². The van der Waals surface area contributed by atoms with Crippen LogP contribution in [0.1, 0.15) is 31.1 Å². The summed E-state index contributed by atoms with van der Waals surface area (Å²) in [5, 5.41) is 2.09. The number of methoxy groups -OCH3 is 1. The molecule has 2 heterocycles. The molecule has 1 aromatic heterocycles. The number of esters is 1. The zero-order valence-corrected chi connectivity index (χ0v) is 13.8. The summed E-state index contributed by atoms with van der Waals surface area (Å²) in [6.45, 7) is 0. The van der Waals surface area contributed by atoms with Crippen LogP contribution in [0.3, 0.4) is 0 Å². The molecule has 0 saturated heterocycles. The van der Waals surface area contributed by atoms with Crippen LogP contribution in [0, 0.1) is 0 Å². The summed E-state index contributed by atoms with van der Waals surface area (Å²) < 4.78 is 6.11. The minimum atomic E-state index is -0.663. The van der Waals surface area contributed by atoms with Gasteiger partial charge in [-0.15, -0.1) is 0 Å². The Morgan fingerprint density at radius 3 is 2.54 bits per heavy atom. The lowest BCUT2D eigenvalue weighted by molar-refractivity contribution is 0.0600. The van der Waals surface area contributed by atoms with Crippen molar-refractivity contribution < 1.29 is 19.1 Å². The maximum Gasteiger partial charge on any atom is 0.337 e. The third kappa shape index (κ3) is 2.29. The van der Waals surface area contributed by atoms with Crippen LogP contribution in [0.15, 0.2) is 33.5 Å². The second kappa shape index (κ2) is 5.60. The fourth-order valence-electron chi connectivity index (χ4n) is 2.46. The van der Waals surface area contributed by atoms with E-state index in [9.17, 15) is 19.2 Å². The average Bonchev–Trinajstić information content (AvgIpc) is 2.82. The zero-order valence-electron chi connectivity index (χ0n) is 12.3. The number of benzene rings is 1. The molecular formula is C15H10BrN3O5. The summed E-state index contributed by atoms with van der Waals surface area (Å²) in [6, 6.07) is 5.45. The highest BCUT2D eigenvalue weighted by molar-refractivity contribution is 9.10. The van der Waals surface area contributed by atoms with E-state index in [0.717, 1.165) is 10.6 Å². The topological polar surface area (TPSA) is 120 Å². The Morgan fingerprint density at radius 2 is 1.92 bits per heavy atom. The minimum Gasteiger partial charge on any atom is -0.465 e. The smallest absolute Gasteiger partial charge is 0.337 e. The van der Waals surface area contributed by atoms with Gasteiger partial charge < -0.3 is 10.5 Å². The van der Waals surface area contributed by atoms with Crippen molar-refractivity contribution in [3.8, 4) is 5.69 Å². The molecule has 0 spiro atoms. The molecule has 24 heavy (non-hydrogen) atoms. The summed E-state index contributed by atoms with van der Waals surface area (Å²) in [5.41, 5.74) is 5.85. The van der Waals surface area contributed by atoms with E-state index in [4.69, 9.17) is 5.73 Å². The van der Waals surface area contributed by atoms with E-state index in [-0.39, 0.29) is 22.5 Å². The van der Waals surface area contributed by atoms with Gasteiger partial charge in [0.05, 0.1) is 29.5 Å². The van der Waals surface area contributed by atoms with Crippen LogP contribution in [-0.2, 0) is 4.74 Å². The van der Waals surface area contributed by atoms with E-state index >= 15 is 0 Å². The van der Waals surface area contributed by atoms with Crippen molar-refractivity contribution in [1.82, 2.24) is 9.88 Å². The molecule has 122 valence electrons. The third-order valence-corrected chi connectivity index (χ3v) is 4.20. The highest BCUT2D eigenvalue weighted by atomic mass is 79.9. The fraction of sp³-hybridized carbons (Fsp3) is 0.0667. The monoisotopic (exact) mass is 391 g/mol. The number of nitrogen functional groups attached to an aromatic ring is 1. The van der Waals surface area contributed by atoms with Gasteiger partial charge in [-0.1, -0.05) is 0 Å². The summed E-state index contributed by atoms with van der Waals surface area (Å²) in [7, 11) is 1.25. The first kappa shape index (κ1) is 15.9. The number of imide groups is 1. The van der Waals surface area contributed by atoms with Gasteiger partial charge in [0.25, 0.3) is 17.4 Å². The molecule has 8 nitrogen and oxygen atoms in total. The fourth-order valence-corrected chi connectivity index (χ4v) is 3.02. The van der Waals surface area contributed by atoms with E-state index in [1.165, 1.54) is 25.3 Å². The Kier molecular flexibility index (Phi) is 3.72. The number of nitrogens with one attached hydrogen (secondary N) is 1. The number of carbonyl (C=O) groups is 3. The molecule has 0 aliphatic carbocycles. The highest BCUT2D eigenvalue weighted by Crippen LogP contribution is 2.27. The molecule has 2 amide bonds. The first-order valence-corrected chi connectivity index (χ1v) is 7.44. The van der Waals surface area contributed by atoms with E-state index in [2.05, 4.69) is 26.0 Å². The number of anilines is 1. The van der Waals surface area contributed by atoms with Crippen molar-refractivity contribution in [1.29, 1.82) is 0 Å². The first-order chi connectivity index (χ1) is 11.3. The summed E-state index contributed by atoms with van der Waals surface area (Å²) in [4.78, 5) is 47.4. The van der Waals surface area contributed by atoms with Crippen molar-refractivity contribution in [2.75, 3.05) is 12.8 Å². The number of nitrogens with zero attached hydrogens (tertiary/aromatic N) is 1. The van der Waals surface area contributed by atoms with Gasteiger partial charge in [0, 0.05) is 10.5 Å². The summed E-state index contributed by atoms with van der Waals surface area (Å²) >= 11 is 3.27. The average molecular weight is 392 g/mol. The molecule has 0 unspecified atom stereocenters. The standard InChI is InChI=1S/C15H10BrN3O5/c1-24-15(23)6-2-3-9(8(16)4-6)19-10(20)5-7-11(12(19)17)14(22)18-13(7)21/h2-5H,17H2,1H3,(H,18,21,22). The largest absolute Gasteiger partial charge is 0.465 e. The third-order valence-electron chi connectivity index (χ3n) is 3.56. The Morgan fingerprint density at radius 1 is 1.21 bits per heavy atom. The molecule has 3 N–H and O–H groups in total. The van der Waals surface area contributed by atoms with Crippen molar-refractivity contribution >= 4 is 39.5 Å². The number of fused-ring (bicyclic) bond motifs is 1. The number of rotatable bonds is 2. The molecule has 0 radical (unpaired) electrons. The molecule has 0 atom stereocenters. The molecule has 2 aromatic rings. The van der Waals surface area contributed by atoms with Crippen LogP contribution >= 0.6 is 15.9 Å². The molecular weight excluding hydrogens is 382 g/mol. The van der Waals surface area contributed by atoms with Crippen molar-refractivity contribution in [3.63, 3.8) is 0 Å². The number of hydrogen-bond donors (Lipinski definition) is 2. The predicted molar refractivity (Wildman–Crippen MR) is 87.3 cm³/mol. The van der Waals surface area contributed by atoms with Crippen molar-refractivity contribution in [3.05, 3.63) is 55.8 Å². The van der Waals surface area contributed by atoms with Gasteiger partial charge in [-0.25, -0.2) is 4.79 Å². The number of amides is 2. The zero-order chi connectivity index (χ0) is 17.6. The van der Waals surface area contributed by atoms with Crippen LogP contribution < -0.4 is 16.6 Å². The Balaban J connectivity index is 2.24. The molecule has 0 saturated carbocycles. The summed E-state index contributed by atoms with van der Waals surface area (Å²) in [6.07, 6.45) is 0. The van der Waals surface area contributed by atoms with Gasteiger partial charge >= 0.3 is 5.97 Å². The lowest BCUT2D eigenvalue weighted by atomic mass is 10.1. The lowest BCUT2D eigenvalue weighted by Gasteiger charge is -2.14. The van der Waals surface area contributed by atoms with Gasteiger partial charge in [0.1, 0.15) is 5.82 Å². The Hall–Kier alpha value is -2.94. The van der Waals surface area contributed by atoms with Crippen LogP contribution in [0.4, 0.5) is 5.82 Å². The Labute approximate surface area is 143 Å². The quantitative estimate of drug-likeness (QED) is 0.578. The highest BCUT2D eigenvalue weighted by Gasteiger charge is 2.32. The van der Waals surface area contributed by atoms with Crippen LogP contribution in [0.5, 0.6) is 0 Å². The van der Waals surface area contributed by atoms with Gasteiger partial charge in [0.15, 0.2) is 0 Å². The van der Waals surface area contributed by atoms with Crippen LogP contribution in [-0.4, -0.2) is 29.5 Å². The number of halogens is 1. The normalized spacial score (nSPS) is 12.8. The van der Waals surface area contributed by atoms with Crippen LogP contribution in [0.2, 0.25) is 0 Å². The van der Waals surface area contributed by atoms with Gasteiger partial charge in [0.2, 0.25) is 0 Å². The summed E-state index contributed by atoms with van der Waals surface area (Å²) in [5.74, 6) is -2.02. The SMILES string of the molecule is COC(=O)c1ccc(-n2c(N)c3c(cc2=O)C(=O)NC3=O)c(Br)c1. The molecule has 0 bridgehead atoms. The van der Waals surface area contributed by atoms with E-state index in [1.54, 1.807) is 0 Å². The first-order valence-electron chi connectivity index (χ1n) is 6.64. The number of nitrogens with two attached hydrogens (primary N) is 1. The molecule has 0 fully saturated rings. The van der Waals surface area contributed by atoms with E-state index < -0.39 is 23.3 Å². The van der Waals surface area contributed by atoms with Gasteiger partial charge in [-0.2, -0.15) is 0 Å². The van der Waals surface area contributed by atoms with Crippen LogP contribution in [0.25, 0.3) is 5.69 Å². The predicted octanol–water partition coefficient (Wildman–Crippen LogP) is 0.852. The second-order valence-corrected chi connectivity index (χ2v) is 5.79. The molecule has 1 aliphatic heterocycles. The maximum atomic E-state index is 12.4. The number of carbonyl (C=O) groups excluding carboxylic acids is 3. The molecule has 1 aromatic carbocycles. The molecule has 1 aliphatic rings. The molecule has 3 rings (SSSR count). The maximum absolute atomic E-state index is 12.4. The number of hydrogen-bond acceptors (Lipinski definition) is 6. The lowest BCUT2D eigenvalue weighted by Crippen LogP contribution is -2.24. The van der Waals surface area contributed by atoms with Crippen molar-refractivity contribution in [2.24, 2.45) is 0 Å². The van der Waals surface area contributed by atoms with Crippen molar-refractivity contribution in [2.45, 2.75) is 0 Å². The molecule has 9 heteroatoms. The number of aromatic nitrogens is 1. The van der Waals surface area contributed by atoms with Gasteiger partial charge in [-0.3, -0.25) is 24.3 Å². The van der Waals surface area contributed by atoms with E-state index in [1.807, 2.05) is 0 Å². The number of pyridine rings is 1.